The van der Waals surface area contributed by atoms with Gasteiger partial charge in [0.2, 0.25) is 0 Å². The lowest BCUT2D eigenvalue weighted by Crippen LogP contribution is -2.20. The molecule has 0 bridgehead atoms. The minimum absolute atomic E-state index is 0.176. The van der Waals surface area contributed by atoms with Gasteiger partial charge in [0.25, 0.3) is 0 Å². The van der Waals surface area contributed by atoms with Crippen molar-refractivity contribution < 1.29 is 9.13 Å². The van der Waals surface area contributed by atoms with Crippen molar-refractivity contribution in [3.8, 4) is 16.9 Å². The van der Waals surface area contributed by atoms with E-state index in [1.807, 2.05) is 6.07 Å². The van der Waals surface area contributed by atoms with Gasteiger partial charge in [-0.2, -0.15) is 0 Å². The van der Waals surface area contributed by atoms with Crippen LogP contribution in [0.4, 0.5) is 4.39 Å². The Bertz CT molecular complexity index is 781. The molecule has 0 radical (unpaired) electrons. The Balaban J connectivity index is 2.05. The zero-order valence-corrected chi connectivity index (χ0v) is 17.4. The average molecular weight is 369 g/mol. The summed E-state index contributed by atoms with van der Waals surface area (Å²) in [7, 11) is 1.63. The van der Waals surface area contributed by atoms with E-state index in [-0.39, 0.29) is 5.82 Å². The maximum Gasteiger partial charge on any atom is 0.131 e. The molecule has 0 aliphatic heterocycles. The molecule has 0 N–H and O–H groups in total. The molecule has 0 amide bonds. The highest BCUT2D eigenvalue weighted by Crippen LogP contribution is 2.45. The lowest BCUT2D eigenvalue weighted by molar-refractivity contribution is 0.224. The second kappa shape index (κ2) is 8.04. The van der Waals surface area contributed by atoms with Gasteiger partial charge < -0.3 is 4.74 Å². The van der Waals surface area contributed by atoms with Gasteiger partial charge >= 0.3 is 0 Å². The van der Waals surface area contributed by atoms with Gasteiger partial charge in [0, 0.05) is 5.56 Å². The second-order valence-corrected chi connectivity index (χ2v) is 9.30. The molecular weight excluding hydrogens is 335 g/mol. The van der Waals surface area contributed by atoms with Crippen LogP contribution in [0.5, 0.6) is 5.75 Å². The average Bonchev–Trinajstić information content (AvgIpc) is 2.62. The molecule has 2 aromatic carbocycles. The second-order valence-electron chi connectivity index (χ2n) is 9.30. The van der Waals surface area contributed by atoms with E-state index in [9.17, 15) is 4.39 Å². The Morgan fingerprint density at radius 3 is 2.37 bits per heavy atom. The first-order valence-electron chi connectivity index (χ1n) is 10.3. The fourth-order valence-electron chi connectivity index (χ4n) is 4.34. The van der Waals surface area contributed by atoms with Crippen LogP contribution in [0.3, 0.4) is 0 Å². The van der Waals surface area contributed by atoms with E-state index in [4.69, 9.17) is 4.74 Å². The Labute approximate surface area is 164 Å². The van der Waals surface area contributed by atoms with Crippen LogP contribution in [-0.2, 0) is 6.42 Å². The molecule has 1 aliphatic rings. The predicted molar refractivity (Wildman–Crippen MR) is 112 cm³/mol. The smallest absolute Gasteiger partial charge is 0.131 e. The third-order valence-corrected chi connectivity index (χ3v) is 6.00. The van der Waals surface area contributed by atoms with Crippen LogP contribution in [-0.4, -0.2) is 7.11 Å². The van der Waals surface area contributed by atoms with Crippen molar-refractivity contribution >= 4 is 0 Å². The monoisotopic (exact) mass is 368 g/mol. The SMILES string of the molecule is COc1ccc(F)c(-c2ccc(CC(C)C)cc2C2CCC(C)(C)CC2)c1. The van der Waals surface area contributed by atoms with Gasteiger partial charge in [-0.1, -0.05) is 45.9 Å². The van der Waals surface area contributed by atoms with Gasteiger partial charge in [0.15, 0.2) is 0 Å². The van der Waals surface area contributed by atoms with Crippen LogP contribution >= 0.6 is 0 Å². The van der Waals surface area contributed by atoms with Gasteiger partial charge in [0.05, 0.1) is 7.11 Å². The molecule has 0 saturated heterocycles. The Morgan fingerprint density at radius 2 is 1.74 bits per heavy atom. The van der Waals surface area contributed by atoms with E-state index in [0.717, 1.165) is 12.0 Å². The maximum atomic E-state index is 14.7. The number of benzene rings is 2. The molecule has 0 heterocycles. The summed E-state index contributed by atoms with van der Waals surface area (Å²) in [6.45, 7) is 9.22. The third kappa shape index (κ3) is 4.72. The molecular formula is C25H33FO. The summed E-state index contributed by atoms with van der Waals surface area (Å²) in [5, 5.41) is 0. The minimum Gasteiger partial charge on any atom is -0.497 e. The van der Waals surface area contributed by atoms with Crippen LogP contribution < -0.4 is 4.74 Å². The molecule has 146 valence electrons. The van der Waals surface area contributed by atoms with Crippen LogP contribution in [0.2, 0.25) is 0 Å². The summed E-state index contributed by atoms with van der Waals surface area (Å²) in [6.07, 6.45) is 5.87. The third-order valence-electron chi connectivity index (χ3n) is 6.00. The number of halogens is 1. The van der Waals surface area contributed by atoms with Gasteiger partial charge in [-0.3, -0.25) is 0 Å². The molecule has 0 aromatic heterocycles. The molecule has 27 heavy (non-hydrogen) atoms. The van der Waals surface area contributed by atoms with Gasteiger partial charge in [-0.15, -0.1) is 0 Å². The highest BCUT2D eigenvalue weighted by atomic mass is 19.1. The van der Waals surface area contributed by atoms with Crippen molar-refractivity contribution in [2.24, 2.45) is 11.3 Å². The quantitative estimate of drug-likeness (QED) is 0.535. The van der Waals surface area contributed by atoms with Crippen LogP contribution in [0.1, 0.15) is 70.4 Å². The summed E-state index contributed by atoms with van der Waals surface area (Å²) in [5.41, 5.74) is 4.79. The Kier molecular flexibility index (Phi) is 5.93. The highest BCUT2D eigenvalue weighted by Gasteiger charge is 2.29. The van der Waals surface area contributed by atoms with Crippen molar-refractivity contribution in [3.63, 3.8) is 0 Å². The standard InChI is InChI=1S/C25H33FO/c1-17(2)14-18-6-8-21(23-16-20(27-5)7-9-24(23)26)22(15-18)19-10-12-25(3,4)13-11-19/h6-9,15-17,19H,10-14H2,1-5H3. The first kappa shape index (κ1) is 19.9. The molecule has 0 atom stereocenters. The number of rotatable bonds is 5. The minimum atomic E-state index is -0.176. The molecule has 0 unspecified atom stereocenters. The zero-order valence-electron chi connectivity index (χ0n) is 17.4. The molecule has 1 fully saturated rings. The van der Waals surface area contributed by atoms with Crippen molar-refractivity contribution in [2.75, 3.05) is 7.11 Å². The predicted octanol–water partition coefficient (Wildman–Crippen LogP) is 7.38. The Hall–Kier alpha value is -1.83. The number of hydrogen-bond acceptors (Lipinski definition) is 1. The van der Waals surface area contributed by atoms with E-state index in [1.54, 1.807) is 13.2 Å². The Morgan fingerprint density at radius 1 is 1.04 bits per heavy atom. The van der Waals surface area contributed by atoms with Gasteiger partial charge in [0.1, 0.15) is 11.6 Å². The fraction of sp³-hybridized carbons (Fsp3) is 0.520. The van der Waals surface area contributed by atoms with Crippen LogP contribution in [0.25, 0.3) is 11.1 Å². The topological polar surface area (TPSA) is 9.23 Å². The number of methoxy groups -OCH3 is 1. The summed E-state index contributed by atoms with van der Waals surface area (Å²) in [5.74, 6) is 1.64. The lowest BCUT2D eigenvalue weighted by Gasteiger charge is -2.35. The van der Waals surface area contributed by atoms with Crippen LogP contribution in [0, 0.1) is 17.2 Å². The highest BCUT2D eigenvalue weighted by molar-refractivity contribution is 5.70. The van der Waals surface area contributed by atoms with E-state index < -0.39 is 0 Å². The fourth-order valence-corrected chi connectivity index (χ4v) is 4.34. The van der Waals surface area contributed by atoms with Crippen molar-refractivity contribution in [2.45, 2.75) is 65.7 Å². The molecule has 1 saturated carbocycles. The number of ether oxygens (including phenoxy) is 1. The van der Waals surface area contributed by atoms with E-state index in [1.165, 1.54) is 42.9 Å². The summed E-state index contributed by atoms with van der Waals surface area (Å²) < 4.78 is 20.1. The molecule has 1 aliphatic carbocycles. The van der Waals surface area contributed by atoms with Gasteiger partial charge in [-0.25, -0.2) is 4.39 Å². The summed E-state index contributed by atoms with van der Waals surface area (Å²) in [6, 6.07) is 11.7. The molecule has 1 nitrogen and oxygen atoms in total. The largest absolute Gasteiger partial charge is 0.497 e. The van der Waals surface area contributed by atoms with E-state index >= 15 is 0 Å². The molecule has 2 aromatic rings. The molecule has 2 heteroatoms. The lowest BCUT2D eigenvalue weighted by atomic mass is 9.70. The maximum absolute atomic E-state index is 14.7. The van der Waals surface area contributed by atoms with Crippen molar-refractivity contribution in [1.29, 1.82) is 0 Å². The van der Waals surface area contributed by atoms with Crippen molar-refractivity contribution in [3.05, 3.63) is 53.3 Å². The first-order chi connectivity index (χ1) is 12.8. The van der Waals surface area contributed by atoms with E-state index in [0.29, 0.717) is 28.6 Å². The van der Waals surface area contributed by atoms with Gasteiger partial charge in [-0.05, 0) is 84.2 Å². The first-order valence-corrected chi connectivity index (χ1v) is 10.3. The summed E-state index contributed by atoms with van der Waals surface area (Å²) in [4.78, 5) is 0. The molecule has 3 rings (SSSR count). The molecule has 0 spiro atoms. The van der Waals surface area contributed by atoms with Crippen LogP contribution in [0.15, 0.2) is 36.4 Å². The zero-order chi connectivity index (χ0) is 19.6. The number of hydrogen-bond donors (Lipinski definition) is 0. The van der Waals surface area contributed by atoms with Crippen molar-refractivity contribution in [1.82, 2.24) is 0 Å². The summed E-state index contributed by atoms with van der Waals surface area (Å²) >= 11 is 0. The normalized spacial score (nSPS) is 17.3. The van der Waals surface area contributed by atoms with E-state index in [2.05, 4.69) is 45.9 Å².